The average Bonchev–Trinajstić information content (AvgIpc) is 2.45. The molecule has 112 valence electrons. The van der Waals surface area contributed by atoms with Crippen molar-refractivity contribution in [3.63, 3.8) is 0 Å². The third kappa shape index (κ3) is 3.64. The highest BCUT2D eigenvalue weighted by molar-refractivity contribution is 6.62. The van der Waals surface area contributed by atoms with Crippen LogP contribution in [-0.2, 0) is 18.1 Å². The molecule has 0 N–H and O–H groups in total. The van der Waals surface area contributed by atoms with E-state index in [9.17, 15) is 4.79 Å². The Labute approximate surface area is 117 Å². The largest absolute Gasteiger partial charge is 0.518 e. The van der Waals surface area contributed by atoms with E-state index in [0.717, 1.165) is 32.4 Å². The van der Waals surface area contributed by atoms with Gasteiger partial charge in [-0.15, -0.1) is 0 Å². The summed E-state index contributed by atoms with van der Waals surface area (Å²) < 4.78 is 16.8. The van der Waals surface area contributed by atoms with E-state index >= 15 is 0 Å². The van der Waals surface area contributed by atoms with Crippen LogP contribution in [0.15, 0.2) is 0 Å². The first-order valence-electron chi connectivity index (χ1n) is 6.94. The maximum Gasteiger partial charge on any atom is 0.518 e. The fraction of sp³-hybridized carbons (Fsp3) is 0.923. The highest BCUT2D eigenvalue weighted by Crippen LogP contribution is 2.26. The lowest BCUT2D eigenvalue weighted by Gasteiger charge is -2.42. The second-order valence-electron chi connectivity index (χ2n) is 5.08. The van der Waals surface area contributed by atoms with Crippen molar-refractivity contribution in [1.82, 2.24) is 4.90 Å². The molecule has 1 saturated heterocycles. The summed E-state index contributed by atoms with van der Waals surface area (Å²) in [6.07, 6.45) is 2.93. The van der Waals surface area contributed by atoms with E-state index in [0.29, 0.717) is 0 Å². The molecule has 1 aliphatic rings. The SMILES string of the molecule is CCC(N1CCCC(C(C)=O)C1)[Si](OC)(OC)OC. The Kier molecular flexibility index (Phi) is 6.62. The van der Waals surface area contributed by atoms with Gasteiger partial charge in [0, 0.05) is 33.8 Å². The molecule has 0 aromatic rings. The fourth-order valence-corrected chi connectivity index (χ4v) is 5.51. The van der Waals surface area contributed by atoms with E-state index in [1.165, 1.54) is 0 Å². The molecule has 0 aromatic carbocycles. The number of Topliss-reactive ketones (excluding diaryl/α,β-unsaturated/α-hetero) is 1. The summed E-state index contributed by atoms with van der Waals surface area (Å²) in [4.78, 5) is 13.9. The Morgan fingerprint density at radius 2 is 1.89 bits per heavy atom. The van der Waals surface area contributed by atoms with Gasteiger partial charge in [-0.2, -0.15) is 0 Å². The van der Waals surface area contributed by atoms with Crippen molar-refractivity contribution in [2.24, 2.45) is 5.92 Å². The molecule has 0 radical (unpaired) electrons. The highest BCUT2D eigenvalue weighted by atomic mass is 28.4. The third-order valence-electron chi connectivity index (χ3n) is 4.12. The zero-order chi connectivity index (χ0) is 14.5. The highest BCUT2D eigenvalue weighted by Gasteiger charge is 2.50. The summed E-state index contributed by atoms with van der Waals surface area (Å²) in [5, 5.41) is 0. The van der Waals surface area contributed by atoms with Gasteiger partial charge >= 0.3 is 8.80 Å². The van der Waals surface area contributed by atoms with Gasteiger partial charge in [-0.1, -0.05) is 6.92 Å². The number of rotatable bonds is 7. The maximum absolute atomic E-state index is 11.6. The van der Waals surface area contributed by atoms with E-state index in [1.807, 2.05) is 0 Å². The molecule has 0 aromatic heterocycles. The Morgan fingerprint density at radius 3 is 2.32 bits per heavy atom. The van der Waals surface area contributed by atoms with Gasteiger partial charge < -0.3 is 13.3 Å². The van der Waals surface area contributed by atoms with Crippen molar-refractivity contribution in [2.45, 2.75) is 38.8 Å². The molecule has 1 rings (SSSR count). The van der Waals surface area contributed by atoms with Crippen LogP contribution in [0.4, 0.5) is 0 Å². The molecule has 1 aliphatic heterocycles. The average molecular weight is 289 g/mol. The number of carbonyl (C=O) groups is 1. The summed E-state index contributed by atoms with van der Waals surface area (Å²) in [6.45, 7) is 5.56. The number of carbonyl (C=O) groups excluding carboxylic acids is 1. The molecule has 1 heterocycles. The molecule has 6 heteroatoms. The normalized spacial score (nSPS) is 23.3. The topological polar surface area (TPSA) is 48.0 Å². The molecule has 19 heavy (non-hydrogen) atoms. The van der Waals surface area contributed by atoms with Crippen molar-refractivity contribution in [3.05, 3.63) is 0 Å². The molecular formula is C13H27NO4Si. The zero-order valence-electron chi connectivity index (χ0n) is 12.8. The van der Waals surface area contributed by atoms with Gasteiger partial charge in [-0.3, -0.25) is 9.69 Å². The molecule has 0 saturated carbocycles. The minimum atomic E-state index is -2.68. The quantitative estimate of drug-likeness (QED) is 0.665. The second kappa shape index (κ2) is 7.49. The van der Waals surface area contributed by atoms with Gasteiger partial charge in [-0.05, 0) is 32.7 Å². The summed E-state index contributed by atoms with van der Waals surface area (Å²) in [5.41, 5.74) is 0.120. The van der Waals surface area contributed by atoms with Crippen LogP contribution in [0.5, 0.6) is 0 Å². The van der Waals surface area contributed by atoms with Gasteiger partial charge in [-0.25, -0.2) is 0 Å². The van der Waals surface area contributed by atoms with Crippen molar-refractivity contribution >= 4 is 14.6 Å². The molecule has 5 nitrogen and oxygen atoms in total. The van der Waals surface area contributed by atoms with Crippen molar-refractivity contribution in [1.29, 1.82) is 0 Å². The lowest BCUT2D eigenvalue weighted by Crippen LogP contribution is -2.63. The molecule has 0 bridgehead atoms. The molecule has 0 amide bonds. The van der Waals surface area contributed by atoms with E-state index in [2.05, 4.69) is 11.8 Å². The van der Waals surface area contributed by atoms with Gasteiger partial charge in [0.15, 0.2) is 0 Å². The molecule has 2 atom stereocenters. The minimum Gasteiger partial charge on any atom is -0.376 e. The zero-order valence-corrected chi connectivity index (χ0v) is 13.8. The predicted molar refractivity (Wildman–Crippen MR) is 75.8 cm³/mol. The Bertz CT molecular complexity index is 288. The second-order valence-corrected chi connectivity index (χ2v) is 8.18. The lowest BCUT2D eigenvalue weighted by atomic mass is 9.94. The van der Waals surface area contributed by atoms with E-state index < -0.39 is 8.80 Å². The maximum atomic E-state index is 11.6. The molecule has 0 spiro atoms. The predicted octanol–water partition coefficient (Wildman–Crippen LogP) is 1.48. The monoisotopic (exact) mass is 289 g/mol. The summed E-state index contributed by atoms with van der Waals surface area (Å²) in [7, 11) is 2.26. The first kappa shape index (κ1) is 16.8. The minimum absolute atomic E-state index is 0.120. The number of likely N-dealkylation sites (tertiary alicyclic amines) is 1. The van der Waals surface area contributed by atoms with E-state index in [-0.39, 0.29) is 17.4 Å². The van der Waals surface area contributed by atoms with Crippen LogP contribution in [0.2, 0.25) is 0 Å². The number of ketones is 1. The van der Waals surface area contributed by atoms with Crippen molar-refractivity contribution in [2.75, 3.05) is 34.4 Å². The van der Waals surface area contributed by atoms with Crippen LogP contribution in [-0.4, -0.2) is 59.6 Å². The van der Waals surface area contributed by atoms with Crippen LogP contribution >= 0.6 is 0 Å². The summed E-state index contributed by atoms with van der Waals surface area (Å²) >= 11 is 0. The first-order chi connectivity index (χ1) is 9.04. The molecule has 0 aliphatic carbocycles. The number of nitrogens with zero attached hydrogens (tertiary/aromatic N) is 1. The summed E-state index contributed by atoms with van der Waals surface area (Å²) in [5.74, 6) is 0.416. The Morgan fingerprint density at radius 1 is 1.32 bits per heavy atom. The fourth-order valence-electron chi connectivity index (χ4n) is 3.01. The number of piperidine rings is 1. The third-order valence-corrected chi connectivity index (χ3v) is 7.41. The van der Waals surface area contributed by atoms with Crippen LogP contribution in [0.1, 0.15) is 33.1 Å². The van der Waals surface area contributed by atoms with Crippen LogP contribution in [0, 0.1) is 5.92 Å². The number of hydrogen-bond acceptors (Lipinski definition) is 5. The van der Waals surface area contributed by atoms with Crippen LogP contribution in [0.3, 0.4) is 0 Å². The van der Waals surface area contributed by atoms with Gasteiger partial charge in [0.2, 0.25) is 0 Å². The van der Waals surface area contributed by atoms with E-state index in [1.54, 1.807) is 28.3 Å². The number of hydrogen-bond donors (Lipinski definition) is 0. The first-order valence-corrected chi connectivity index (χ1v) is 8.74. The molecule has 2 unspecified atom stereocenters. The molecular weight excluding hydrogens is 262 g/mol. The Hall–Kier alpha value is -0.273. The molecule has 1 fully saturated rings. The standard InChI is InChI=1S/C13H27NO4Si/c1-6-13(19(16-3,17-4)18-5)14-9-7-8-12(10-14)11(2)15/h12-13H,6-10H2,1-5H3. The van der Waals surface area contributed by atoms with Crippen molar-refractivity contribution in [3.8, 4) is 0 Å². The van der Waals surface area contributed by atoms with Crippen LogP contribution < -0.4 is 0 Å². The van der Waals surface area contributed by atoms with Gasteiger partial charge in [0.1, 0.15) is 5.78 Å². The Balaban J connectivity index is 2.86. The van der Waals surface area contributed by atoms with Crippen LogP contribution in [0.25, 0.3) is 0 Å². The lowest BCUT2D eigenvalue weighted by molar-refractivity contribution is -0.122. The van der Waals surface area contributed by atoms with Crippen molar-refractivity contribution < 1.29 is 18.1 Å². The van der Waals surface area contributed by atoms with Gasteiger partial charge in [0.05, 0.1) is 5.67 Å². The smallest absolute Gasteiger partial charge is 0.376 e. The summed E-state index contributed by atoms with van der Waals surface area (Å²) in [6, 6.07) is 0. The van der Waals surface area contributed by atoms with E-state index in [4.69, 9.17) is 13.3 Å². The van der Waals surface area contributed by atoms with Gasteiger partial charge in [0.25, 0.3) is 0 Å².